The molecule has 0 bridgehead atoms. The molecular formula is C21H24ClN3O4S. The highest BCUT2D eigenvalue weighted by Gasteiger charge is 2.32. The summed E-state index contributed by atoms with van der Waals surface area (Å²) in [6, 6.07) is 11.7. The van der Waals surface area contributed by atoms with Gasteiger partial charge in [-0.05, 0) is 42.8 Å². The summed E-state index contributed by atoms with van der Waals surface area (Å²) in [5, 5.41) is 5.80. The molecule has 2 amide bonds. The van der Waals surface area contributed by atoms with Crippen LogP contribution in [0.15, 0.2) is 61.2 Å². The van der Waals surface area contributed by atoms with E-state index in [9.17, 15) is 18.0 Å². The molecule has 0 spiro atoms. The molecule has 0 unspecified atom stereocenters. The molecule has 0 fully saturated rings. The summed E-state index contributed by atoms with van der Waals surface area (Å²) in [6.07, 6.45) is 2.79. The van der Waals surface area contributed by atoms with Crippen molar-refractivity contribution in [3.63, 3.8) is 0 Å². The van der Waals surface area contributed by atoms with Crippen molar-refractivity contribution < 1.29 is 18.0 Å². The maximum absolute atomic E-state index is 13.1. The van der Waals surface area contributed by atoms with E-state index in [4.69, 9.17) is 11.6 Å². The number of nitrogens with zero attached hydrogens (tertiary/aromatic N) is 1. The van der Waals surface area contributed by atoms with Crippen molar-refractivity contribution in [3.8, 4) is 0 Å². The molecule has 2 N–H and O–H groups in total. The molecule has 0 aromatic heterocycles. The third kappa shape index (κ3) is 5.84. The van der Waals surface area contributed by atoms with E-state index in [1.54, 1.807) is 49.4 Å². The first-order valence-electron chi connectivity index (χ1n) is 9.23. The molecule has 2 aromatic carbocycles. The molecule has 2 rings (SSSR count). The number of para-hydroxylation sites is 1. The molecule has 0 saturated heterocycles. The second-order valence-corrected chi connectivity index (χ2v) is 8.79. The van der Waals surface area contributed by atoms with E-state index < -0.39 is 22.0 Å². The number of nitrogens with one attached hydrogen (secondary N) is 2. The SMILES string of the molecule is C=CCNC(=O)c1ccccc1NC(=O)[C@@H](CC)N(c1ccc(Cl)cc1)S(C)(=O)=O. The lowest BCUT2D eigenvalue weighted by atomic mass is 10.1. The van der Waals surface area contributed by atoms with E-state index in [2.05, 4.69) is 17.2 Å². The summed E-state index contributed by atoms with van der Waals surface area (Å²) in [4.78, 5) is 25.4. The lowest BCUT2D eigenvalue weighted by Gasteiger charge is -2.30. The van der Waals surface area contributed by atoms with Crippen LogP contribution in [0.1, 0.15) is 23.7 Å². The Bertz CT molecular complexity index is 1020. The Balaban J connectivity index is 2.37. The number of benzene rings is 2. The van der Waals surface area contributed by atoms with Gasteiger partial charge >= 0.3 is 0 Å². The van der Waals surface area contributed by atoms with E-state index >= 15 is 0 Å². The molecule has 0 aliphatic heterocycles. The molecule has 7 nitrogen and oxygen atoms in total. The molecule has 0 aliphatic rings. The van der Waals surface area contributed by atoms with Crippen LogP contribution in [0.3, 0.4) is 0 Å². The highest BCUT2D eigenvalue weighted by atomic mass is 35.5. The van der Waals surface area contributed by atoms with Crippen LogP contribution in [-0.2, 0) is 14.8 Å². The van der Waals surface area contributed by atoms with Gasteiger partial charge in [-0.3, -0.25) is 13.9 Å². The predicted octanol–water partition coefficient (Wildman–Crippen LogP) is 3.44. The zero-order chi connectivity index (χ0) is 22.3. The van der Waals surface area contributed by atoms with Crippen LogP contribution in [0.4, 0.5) is 11.4 Å². The van der Waals surface area contributed by atoms with Crippen molar-refractivity contribution in [2.45, 2.75) is 19.4 Å². The minimum atomic E-state index is -3.78. The number of amides is 2. The van der Waals surface area contributed by atoms with Crippen LogP contribution in [0.25, 0.3) is 0 Å². The second kappa shape index (κ2) is 10.3. The quantitative estimate of drug-likeness (QED) is 0.573. The predicted molar refractivity (Wildman–Crippen MR) is 120 cm³/mol. The van der Waals surface area contributed by atoms with Gasteiger partial charge < -0.3 is 10.6 Å². The van der Waals surface area contributed by atoms with Crippen molar-refractivity contribution in [2.75, 3.05) is 22.4 Å². The zero-order valence-corrected chi connectivity index (χ0v) is 18.3. The Morgan fingerprint density at radius 1 is 1.17 bits per heavy atom. The minimum Gasteiger partial charge on any atom is -0.349 e. The fourth-order valence-corrected chi connectivity index (χ4v) is 4.25. The van der Waals surface area contributed by atoms with Crippen molar-refractivity contribution in [3.05, 3.63) is 71.8 Å². The van der Waals surface area contributed by atoms with E-state index in [0.29, 0.717) is 10.7 Å². The molecular weight excluding hydrogens is 426 g/mol. The molecule has 0 radical (unpaired) electrons. The Hall–Kier alpha value is -2.84. The van der Waals surface area contributed by atoms with Gasteiger partial charge in [-0.1, -0.05) is 36.7 Å². The Kier molecular flexibility index (Phi) is 8.02. The number of halogens is 1. The highest BCUT2D eigenvalue weighted by molar-refractivity contribution is 7.92. The van der Waals surface area contributed by atoms with Crippen molar-refractivity contribution in [2.24, 2.45) is 0 Å². The van der Waals surface area contributed by atoms with Crippen molar-refractivity contribution in [1.29, 1.82) is 0 Å². The number of anilines is 2. The van der Waals surface area contributed by atoms with E-state index in [0.717, 1.165) is 10.6 Å². The number of hydrogen-bond donors (Lipinski definition) is 2. The van der Waals surface area contributed by atoms with Gasteiger partial charge in [0.2, 0.25) is 15.9 Å². The number of carbonyl (C=O) groups excluding carboxylic acids is 2. The van der Waals surface area contributed by atoms with Gasteiger partial charge in [0.15, 0.2) is 0 Å². The normalized spacial score (nSPS) is 12.0. The fourth-order valence-electron chi connectivity index (χ4n) is 2.91. The summed E-state index contributed by atoms with van der Waals surface area (Å²) in [7, 11) is -3.78. The van der Waals surface area contributed by atoms with Gasteiger partial charge in [0.1, 0.15) is 6.04 Å². The van der Waals surface area contributed by atoms with Crippen molar-refractivity contribution >= 4 is 44.8 Å². The molecule has 160 valence electrons. The van der Waals surface area contributed by atoms with Crippen LogP contribution in [0.2, 0.25) is 5.02 Å². The maximum Gasteiger partial charge on any atom is 0.253 e. The third-order valence-electron chi connectivity index (χ3n) is 4.25. The van der Waals surface area contributed by atoms with Gasteiger partial charge in [0, 0.05) is 11.6 Å². The van der Waals surface area contributed by atoms with Crippen LogP contribution in [-0.4, -0.2) is 39.1 Å². The maximum atomic E-state index is 13.1. The first-order valence-corrected chi connectivity index (χ1v) is 11.5. The summed E-state index contributed by atoms with van der Waals surface area (Å²) in [6.45, 7) is 5.54. The Morgan fingerprint density at radius 2 is 1.80 bits per heavy atom. The molecule has 30 heavy (non-hydrogen) atoms. The molecule has 9 heteroatoms. The summed E-state index contributed by atoms with van der Waals surface area (Å²) >= 11 is 5.91. The topological polar surface area (TPSA) is 95.6 Å². The molecule has 0 saturated carbocycles. The van der Waals surface area contributed by atoms with E-state index in [1.807, 2.05) is 0 Å². The first kappa shape index (κ1) is 23.4. The van der Waals surface area contributed by atoms with Gasteiger partial charge in [-0.2, -0.15) is 0 Å². The van der Waals surface area contributed by atoms with E-state index in [-0.39, 0.29) is 30.1 Å². The monoisotopic (exact) mass is 449 g/mol. The summed E-state index contributed by atoms with van der Waals surface area (Å²) in [5.74, 6) is -0.932. The first-order chi connectivity index (χ1) is 14.2. The highest BCUT2D eigenvalue weighted by Crippen LogP contribution is 2.25. The number of sulfonamides is 1. The lowest BCUT2D eigenvalue weighted by molar-refractivity contribution is -0.117. The average molecular weight is 450 g/mol. The minimum absolute atomic E-state index is 0.215. The molecule has 0 aliphatic carbocycles. The number of rotatable bonds is 9. The standard InChI is InChI=1S/C21H24ClN3O4S/c1-4-14-23-20(26)17-8-6-7-9-18(17)24-21(27)19(5-2)25(30(3,28)29)16-12-10-15(22)11-13-16/h4,6-13,19H,1,5,14H2,2-3H3,(H,23,26)(H,24,27)/t19-/m1/s1. The van der Waals surface area contributed by atoms with Crippen molar-refractivity contribution in [1.82, 2.24) is 5.32 Å². The lowest BCUT2D eigenvalue weighted by Crippen LogP contribution is -2.47. The third-order valence-corrected chi connectivity index (χ3v) is 5.68. The van der Waals surface area contributed by atoms with Crippen LogP contribution >= 0.6 is 11.6 Å². The smallest absolute Gasteiger partial charge is 0.253 e. The van der Waals surface area contributed by atoms with Gasteiger partial charge in [-0.15, -0.1) is 6.58 Å². The summed E-state index contributed by atoms with van der Waals surface area (Å²) < 4.78 is 26.1. The Morgan fingerprint density at radius 3 is 2.37 bits per heavy atom. The van der Waals surface area contributed by atoms with Crippen LogP contribution < -0.4 is 14.9 Å². The van der Waals surface area contributed by atoms with Gasteiger partial charge in [-0.25, -0.2) is 8.42 Å². The molecule has 1 atom stereocenters. The molecule has 2 aromatic rings. The fraction of sp³-hybridized carbons (Fsp3) is 0.238. The number of hydrogen-bond acceptors (Lipinski definition) is 4. The van der Waals surface area contributed by atoms with Gasteiger partial charge in [0.25, 0.3) is 5.91 Å². The van der Waals surface area contributed by atoms with Crippen LogP contribution in [0, 0.1) is 0 Å². The zero-order valence-electron chi connectivity index (χ0n) is 16.8. The summed E-state index contributed by atoms with van der Waals surface area (Å²) in [5.41, 5.74) is 0.868. The second-order valence-electron chi connectivity index (χ2n) is 6.49. The van der Waals surface area contributed by atoms with Gasteiger partial charge in [0.05, 0.1) is 23.2 Å². The Labute approximate surface area is 181 Å². The average Bonchev–Trinajstić information content (AvgIpc) is 2.70. The van der Waals surface area contributed by atoms with E-state index in [1.165, 1.54) is 12.1 Å². The largest absolute Gasteiger partial charge is 0.349 e. The number of carbonyl (C=O) groups is 2. The molecule has 0 heterocycles. The van der Waals surface area contributed by atoms with Crippen LogP contribution in [0.5, 0.6) is 0 Å².